The fourth-order valence-corrected chi connectivity index (χ4v) is 2.91. The highest BCUT2D eigenvalue weighted by atomic mass is 16.5. The monoisotopic (exact) mass is 265 g/mol. The van der Waals surface area contributed by atoms with Crippen LogP contribution in [0, 0.1) is 0 Å². The number of rotatable bonds is 7. The van der Waals surface area contributed by atoms with Crippen molar-refractivity contribution in [1.29, 1.82) is 0 Å². The summed E-state index contributed by atoms with van der Waals surface area (Å²) in [6.07, 6.45) is 10.0. The van der Waals surface area contributed by atoms with Crippen molar-refractivity contribution in [2.75, 3.05) is 6.54 Å². The third kappa shape index (κ3) is 4.30. The topological polar surface area (TPSA) is 42.2 Å². The molecule has 0 N–H and O–H groups in total. The predicted octanol–water partition coefficient (Wildman–Crippen LogP) is 3.57. The quantitative estimate of drug-likeness (QED) is 0.756. The Morgan fingerprint density at radius 2 is 2.00 bits per heavy atom. The van der Waals surface area contributed by atoms with Crippen molar-refractivity contribution >= 4 is 0 Å². The molecule has 4 heteroatoms. The molecule has 0 aromatic carbocycles. The zero-order valence-electron chi connectivity index (χ0n) is 12.4. The summed E-state index contributed by atoms with van der Waals surface area (Å²) in [4.78, 5) is 7.01. The van der Waals surface area contributed by atoms with Gasteiger partial charge in [-0.2, -0.15) is 4.98 Å². The normalized spacial score (nSPS) is 17.2. The summed E-state index contributed by atoms with van der Waals surface area (Å²) >= 11 is 0. The maximum atomic E-state index is 5.38. The van der Waals surface area contributed by atoms with Crippen molar-refractivity contribution in [1.82, 2.24) is 15.0 Å². The summed E-state index contributed by atoms with van der Waals surface area (Å²) in [7, 11) is 0. The lowest BCUT2D eigenvalue weighted by Gasteiger charge is -2.32. The molecule has 2 rings (SSSR count). The van der Waals surface area contributed by atoms with Gasteiger partial charge in [0.15, 0.2) is 5.82 Å². The van der Waals surface area contributed by atoms with Crippen molar-refractivity contribution in [3.63, 3.8) is 0 Å². The van der Waals surface area contributed by atoms with Crippen molar-refractivity contribution in [3.05, 3.63) is 11.7 Å². The van der Waals surface area contributed by atoms with Gasteiger partial charge in [-0.1, -0.05) is 44.7 Å². The zero-order valence-corrected chi connectivity index (χ0v) is 12.4. The maximum Gasteiger partial charge on any atom is 0.240 e. The molecule has 1 aliphatic rings. The number of hydrogen-bond donors (Lipinski definition) is 0. The Bertz CT molecular complexity index is 358. The Morgan fingerprint density at radius 1 is 1.21 bits per heavy atom. The van der Waals surface area contributed by atoms with Crippen LogP contribution >= 0.6 is 0 Å². The van der Waals surface area contributed by atoms with Crippen LogP contribution in [0.2, 0.25) is 0 Å². The molecule has 4 nitrogen and oxygen atoms in total. The van der Waals surface area contributed by atoms with Gasteiger partial charge >= 0.3 is 0 Å². The lowest BCUT2D eigenvalue weighted by Crippen LogP contribution is -2.36. The molecular formula is C15H27N3O. The van der Waals surface area contributed by atoms with Gasteiger partial charge in [-0.05, 0) is 25.8 Å². The highest BCUT2D eigenvalue weighted by Gasteiger charge is 2.21. The van der Waals surface area contributed by atoms with Gasteiger partial charge in [-0.25, -0.2) is 0 Å². The molecule has 0 radical (unpaired) electrons. The Kier molecular flexibility index (Phi) is 5.83. The van der Waals surface area contributed by atoms with Gasteiger partial charge in [0.2, 0.25) is 5.89 Å². The van der Waals surface area contributed by atoms with E-state index in [1.807, 2.05) is 0 Å². The molecule has 1 aromatic heterocycles. The van der Waals surface area contributed by atoms with Crippen molar-refractivity contribution in [2.45, 2.75) is 77.8 Å². The Balaban J connectivity index is 1.88. The van der Waals surface area contributed by atoms with Crippen molar-refractivity contribution < 1.29 is 4.52 Å². The van der Waals surface area contributed by atoms with Crippen molar-refractivity contribution in [2.24, 2.45) is 0 Å². The molecule has 0 spiro atoms. The number of hydrogen-bond acceptors (Lipinski definition) is 4. The van der Waals surface area contributed by atoms with Gasteiger partial charge in [0.1, 0.15) is 0 Å². The molecule has 1 heterocycles. The zero-order chi connectivity index (χ0) is 13.5. The van der Waals surface area contributed by atoms with E-state index in [4.69, 9.17) is 4.52 Å². The second kappa shape index (κ2) is 7.63. The first-order valence-electron chi connectivity index (χ1n) is 7.89. The van der Waals surface area contributed by atoms with E-state index in [1.165, 1.54) is 38.5 Å². The molecular weight excluding hydrogens is 238 g/mol. The fraction of sp³-hybridized carbons (Fsp3) is 0.867. The molecule has 19 heavy (non-hydrogen) atoms. The van der Waals surface area contributed by atoms with Crippen LogP contribution in [0.5, 0.6) is 0 Å². The van der Waals surface area contributed by atoms with Crippen LogP contribution in [0.3, 0.4) is 0 Å². The molecule has 0 saturated heterocycles. The molecule has 0 amide bonds. The Morgan fingerprint density at radius 3 is 2.68 bits per heavy atom. The predicted molar refractivity (Wildman–Crippen MR) is 75.9 cm³/mol. The van der Waals surface area contributed by atoms with E-state index in [1.54, 1.807) is 0 Å². The molecule has 1 aliphatic carbocycles. The second-order valence-corrected chi connectivity index (χ2v) is 5.56. The van der Waals surface area contributed by atoms with Gasteiger partial charge in [-0.3, -0.25) is 4.90 Å². The third-order valence-corrected chi connectivity index (χ3v) is 4.10. The van der Waals surface area contributed by atoms with Crippen LogP contribution in [0.4, 0.5) is 0 Å². The molecule has 0 aliphatic heterocycles. The van der Waals surface area contributed by atoms with Gasteiger partial charge < -0.3 is 4.52 Å². The number of unbranched alkanes of at least 4 members (excludes halogenated alkanes) is 1. The number of aromatic nitrogens is 2. The molecule has 0 unspecified atom stereocenters. The SMILES string of the molecule is CCCCc1noc(CN(CC)C2CCCCC2)n1. The van der Waals surface area contributed by atoms with E-state index in [2.05, 4.69) is 28.9 Å². The summed E-state index contributed by atoms with van der Waals surface area (Å²) in [6.45, 7) is 6.30. The minimum absolute atomic E-state index is 0.713. The first-order chi connectivity index (χ1) is 9.33. The molecule has 0 bridgehead atoms. The summed E-state index contributed by atoms with van der Waals surface area (Å²) in [5.41, 5.74) is 0. The molecule has 1 aromatic rings. The van der Waals surface area contributed by atoms with Crippen LogP contribution in [0.25, 0.3) is 0 Å². The van der Waals surface area contributed by atoms with Crippen LogP contribution in [0.1, 0.15) is 70.5 Å². The smallest absolute Gasteiger partial charge is 0.240 e. The largest absolute Gasteiger partial charge is 0.338 e. The lowest BCUT2D eigenvalue weighted by molar-refractivity contribution is 0.138. The van der Waals surface area contributed by atoms with E-state index >= 15 is 0 Å². The van der Waals surface area contributed by atoms with Crippen LogP contribution in [0.15, 0.2) is 4.52 Å². The highest BCUT2D eigenvalue weighted by molar-refractivity contribution is 4.88. The van der Waals surface area contributed by atoms with Crippen LogP contribution < -0.4 is 0 Å². The standard InChI is InChI=1S/C15H27N3O/c1-3-5-11-14-16-15(19-17-14)12-18(4-2)13-9-7-6-8-10-13/h13H,3-12H2,1-2H3. The Hall–Kier alpha value is -0.900. The van der Waals surface area contributed by atoms with Gasteiger partial charge in [-0.15, -0.1) is 0 Å². The van der Waals surface area contributed by atoms with Gasteiger partial charge in [0.25, 0.3) is 0 Å². The minimum atomic E-state index is 0.713. The highest BCUT2D eigenvalue weighted by Crippen LogP contribution is 2.23. The molecule has 0 atom stereocenters. The first kappa shape index (κ1) is 14.5. The van der Waals surface area contributed by atoms with Gasteiger partial charge in [0.05, 0.1) is 6.54 Å². The molecule has 108 valence electrons. The van der Waals surface area contributed by atoms with Crippen LogP contribution in [-0.4, -0.2) is 27.6 Å². The van der Waals surface area contributed by atoms with E-state index in [0.717, 1.165) is 37.6 Å². The average molecular weight is 265 g/mol. The number of aryl methyl sites for hydroxylation is 1. The Labute approximate surface area is 116 Å². The summed E-state index contributed by atoms with van der Waals surface area (Å²) in [6, 6.07) is 0.713. The van der Waals surface area contributed by atoms with E-state index < -0.39 is 0 Å². The van der Waals surface area contributed by atoms with Gasteiger partial charge in [0, 0.05) is 12.5 Å². The summed E-state index contributed by atoms with van der Waals surface area (Å²) in [5.74, 6) is 1.66. The molecule has 1 saturated carbocycles. The second-order valence-electron chi connectivity index (χ2n) is 5.56. The maximum absolute atomic E-state index is 5.38. The first-order valence-corrected chi connectivity index (χ1v) is 7.89. The van der Waals surface area contributed by atoms with Crippen molar-refractivity contribution in [3.8, 4) is 0 Å². The average Bonchev–Trinajstić information content (AvgIpc) is 2.91. The van der Waals surface area contributed by atoms with E-state index in [-0.39, 0.29) is 0 Å². The van der Waals surface area contributed by atoms with Crippen LogP contribution in [-0.2, 0) is 13.0 Å². The minimum Gasteiger partial charge on any atom is -0.338 e. The van der Waals surface area contributed by atoms with E-state index in [0.29, 0.717) is 6.04 Å². The number of nitrogens with zero attached hydrogens (tertiary/aromatic N) is 3. The lowest BCUT2D eigenvalue weighted by atomic mass is 9.94. The summed E-state index contributed by atoms with van der Waals surface area (Å²) < 4.78 is 5.38. The summed E-state index contributed by atoms with van der Waals surface area (Å²) in [5, 5.41) is 4.07. The third-order valence-electron chi connectivity index (χ3n) is 4.10. The fourth-order valence-electron chi connectivity index (χ4n) is 2.91. The van der Waals surface area contributed by atoms with E-state index in [9.17, 15) is 0 Å². The molecule has 1 fully saturated rings.